The number of hydrogen-bond donors (Lipinski definition) is 0. The van der Waals surface area contributed by atoms with Crippen LogP contribution in [0.4, 0.5) is 0 Å². The molecular formula is C22H30Br2N2O. The van der Waals surface area contributed by atoms with E-state index in [-0.39, 0.29) is 45.8 Å². The van der Waals surface area contributed by atoms with Gasteiger partial charge in [0.1, 0.15) is 0 Å². The van der Waals surface area contributed by atoms with E-state index in [1.807, 2.05) is 30.1 Å². The topological polar surface area (TPSA) is 23.6 Å². The van der Waals surface area contributed by atoms with E-state index in [0.29, 0.717) is 6.54 Å². The number of carbonyl (C=O) groups excluding carboxylic acids is 1. The van der Waals surface area contributed by atoms with Crippen molar-refractivity contribution in [2.24, 2.45) is 5.92 Å². The molecule has 0 N–H and O–H groups in total. The maximum atomic E-state index is 12.8. The van der Waals surface area contributed by atoms with Crippen molar-refractivity contribution in [1.29, 1.82) is 0 Å². The Morgan fingerprint density at radius 3 is 2.37 bits per heavy atom. The van der Waals surface area contributed by atoms with Gasteiger partial charge in [0, 0.05) is 26.7 Å². The van der Waals surface area contributed by atoms with Gasteiger partial charge in [-0.15, -0.1) is 34.0 Å². The molecule has 2 aromatic carbocycles. The van der Waals surface area contributed by atoms with Crippen molar-refractivity contribution in [3.8, 4) is 0 Å². The predicted octanol–water partition coefficient (Wildman–Crippen LogP) is 5.02. The van der Waals surface area contributed by atoms with Crippen molar-refractivity contribution in [2.45, 2.75) is 32.9 Å². The summed E-state index contributed by atoms with van der Waals surface area (Å²) in [4.78, 5) is 17.2. The van der Waals surface area contributed by atoms with Gasteiger partial charge < -0.3 is 4.90 Å². The number of amides is 1. The van der Waals surface area contributed by atoms with Crippen LogP contribution in [0.3, 0.4) is 0 Å². The number of nitrogens with zero attached hydrogens (tertiary/aromatic N) is 2. The van der Waals surface area contributed by atoms with Gasteiger partial charge in [0.2, 0.25) is 5.91 Å². The fourth-order valence-corrected chi connectivity index (χ4v) is 3.60. The zero-order valence-corrected chi connectivity index (χ0v) is 19.6. The number of carbonyl (C=O) groups is 1. The van der Waals surface area contributed by atoms with Gasteiger partial charge in [0.25, 0.3) is 0 Å². The van der Waals surface area contributed by atoms with Crippen molar-refractivity contribution in [3.63, 3.8) is 0 Å². The van der Waals surface area contributed by atoms with Crippen molar-refractivity contribution in [1.82, 2.24) is 9.80 Å². The van der Waals surface area contributed by atoms with Crippen LogP contribution in [-0.2, 0) is 17.9 Å². The summed E-state index contributed by atoms with van der Waals surface area (Å²) in [6, 6.07) is 18.9. The lowest BCUT2D eigenvalue weighted by atomic mass is 9.96. The number of rotatable bonds is 5. The molecule has 1 unspecified atom stereocenters. The lowest BCUT2D eigenvalue weighted by Crippen LogP contribution is -2.43. The number of likely N-dealkylation sites (tertiary alicyclic amines) is 1. The number of benzene rings is 2. The second-order valence-electron chi connectivity index (χ2n) is 7.24. The highest BCUT2D eigenvalue weighted by Crippen LogP contribution is 2.21. The molecule has 3 rings (SSSR count). The number of piperidine rings is 1. The molecule has 1 fully saturated rings. The van der Waals surface area contributed by atoms with Crippen LogP contribution in [0.5, 0.6) is 0 Å². The molecule has 0 spiro atoms. The predicted molar refractivity (Wildman–Crippen MR) is 123 cm³/mol. The normalized spacial score (nSPS) is 16.7. The molecule has 1 aliphatic heterocycles. The third-order valence-electron chi connectivity index (χ3n) is 5.02. The van der Waals surface area contributed by atoms with Crippen molar-refractivity contribution in [3.05, 3.63) is 71.3 Å². The summed E-state index contributed by atoms with van der Waals surface area (Å²) in [6.07, 6.45) is 2.10. The molecule has 0 aliphatic carbocycles. The first-order valence-electron chi connectivity index (χ1n) is 9.18. The van der Waals surface area contributed by atoms with Crippen LogP contribution >= 0.6 is 34.0 Å². The molecule has 0 radical (unpaired) electrons. The van der Waals surface area contributed by atoms with Gasteiger partial charge in [0.05, 0.1) is 5.92 Å². The first-order valence-corrected chi connectivity index (χ1v) is 9.18. The molecule has 1 amide bonds. The van der Waals surface area contributed by atoms with Crippen molar-refractivity contribution < 1.29 is 4.79 Å². The van der Waals surface area contributed by atoms with E-state index < -0.39 is 0 Å². The maximum absolute atomic E-state index is 12.8. The number of hydrogen-bond acceptors (Lipinski definition) is 2. The van der Waals surface area contributed by atoms with Gasteiger partial charge >= 0.3 is 0 Å². The van der Waals surface area contributed by atoms with E-state index in [9.17, 15) is 4.79 Å². The quantitative estimate of drug-likeness (QED) is 0.578. The molecule has 1 aliphatic rings. The molecule has 1 saturated heterocycles. The molecule has 2 aromatic rings. The SMILES string of the molecule is Br.Br.Cc1ccc(CN2CCCC(C(=O)N(C)Cc3ccccc3)C2)cc1. The third-order valence-corrected chi connectivity index (χ3v) is 5.02. The Hall–Kier alpha value is -1.17. The Labute approximate surface area is 184 Å². The lowest BCUT2D eigenvalue weighted by molar-refractivity contribution is -0.136. The van der Waals surface area contributed by atoms with Gasteiger partial charge in [-0.25, -0.2) is 0 Å². The van der Waals surface area contributed by atoms with Crippen molar-refractivity contribution >= 4 is 39.9 Å². The molecule has 0 saturated carbocycles. The summed E-state index contributed by atoms with van der Waals surface area (Å²) in [5.74, 6) is 0.394. The average Bonchev–Trinajstić information content (AvgIpc) is 2.64. The second-order valence-corrected chi connectivity index (χ2v) is 7.24. The molecule has 0 bridgehead atoms. The summed E-state index contributed by atoms with van der Waals surface area (Å²) < 4.78 is 0. The number of halogens is 2. The highest BCUT2D eigenvalue weighted by molar-refractivity contribution is 8.93. The molecule has 27 heavy (non-hydrogen) atoms. The zero-order chi connectivity index (χ0) is 17.6. The summed E-state index contributed by atoms with van der Waals surface area (Å²) in [5, 5.41) is 0. The van der Waals surface area contributed by atoms with E-state index in [1.165, 1.54) is 16.7 Å². The minimum absolute atomic E-state index is 0. The Kier molecular flexibility index (Phi) is 10.3. The van der Waals surface area contributed by atoms with E-state index in [2.05, 4.69) is 48.2 Å². The minimum atomic E-state index is 0. The first-order chi connectivity index (χ1) is 12.1. The summed E-state index contributed by atoms with van der Waals surface area (Å²) in [6.45, 7) is 5.69. The van der Waals surface area contributed by atoms with Gasteiger partial charge in [-0.05, 0) is 37.4 Å². The largest absolute Gasteiger partial charge is 0.341 e. The molecule has 148 valence electrons. The number of aryl methyl sites for hydroxylation is 1. The van der Waals surface area contributed by atoms with E-state index in [4.69, 9.17) is 0 Å². The summed E-state index contributed by atoms with van der Waals surface area (Å²) in [5.41, 5.74) is 3.81. The fourth-order valence-electron chi connectivity index (χ4n) is 3.60. The van der Waals surface area contributed by atoms with Crippen molar-refractivity contribution in [2.75, 3.05) is 20.1 Å². The van der Waals surface area contributed by atoms with Crippen LogP contribution in [0.2, 0.25) is 0 Å². The Morgan fingerprint density at radius 2 is 1.70 bits per heavy atom. The first kappa shape index (κ1) is 23.9. The average molecular weight is 498 g/mol. The molecule has 1 atom stereocenters. The standard InChI is InChI=1S/C22H28N2O.2BrH/c1-18-10-12-20(13-11-18)16-24-14-6-9-21(17-24)22(25)23(2)15-19-7-4-3-5-8-19;;/h3-5,7-8,10-13,21H,6,9,14-17H2,1-2H3;2*1H. The fraction of sp³-hybridized carbons (Fsp3) is 0.409. The molecule has 3 nitrogen and oxygen atoms in total. The molecule has 1 heterocycles. The van der Waals surface area contributed by atoms with E-state index in [0.717, 1.165) is 32.5 Å². The molecule has 0 aromatic heterocycles. The Morgan fingerprint density at radius 1 is 1.04 bits per heavy atom. The van der Waals surface area contributed by atoms with E-state index >= 15 is 0 Å². The Bertz CT molecular complexity index is 691. The second kappa shape index (κ2) is 11.6. The summed E-state index contributed by atoms with van der Waals surface area (Å²) in [7, 11) is 1.92. The van der Waals surface area contributed by atoms with Gasteiger partial charge in [-0.1, -0.05) is 60.2 Å². The molecule has 5 heteroatoms. The Balaban J connectivity index is 0.00000182. The monoisotopic (exact) mass is 496 g/mol. The van der Waals surface area contributed by atoms with Crippen LogP contribution in [0.25, 0.3) is 0 Å². The van der Waals surface area contributed by atoms with Gasteiger partial charge in [-0.2, -0.15) is 0 Å². The van der Waals surface area contributed by atoms with Crippen LogP contribution in [0.15, 0.2) is 54.6 Å². The van der Waals surface area contributed by atoms with Crippen LogP contribution in [-0.4, -0.2) is 35.8 Å². The van der Waals surface area contributed by atoms with Crippen LogP contribution < -0.4 is 0 Å². The molecular weight excluding hydrogens is 468 g/mol. The lowest BCUT2D eigenvalue weighted by Gasteiger charge is -2.34. The highest BCUT2D eigenvalue weighted by atomic mass is 79.9. The summed E-state index contributed by atoms with van der Waals surface area (Å²) >= 11 is 0. The minimum Gasteiger partial charge on any atom is -0.341 e. The van der Waals surface area contributed by atoms with E-state index in [1.54, 1.807) is 0 Å². The van der Waals surface area contributed by atoms with Gasteiger partial charge in [0.15, 0.2) is 0 Å². The third kappa shape index (κ3) is 7.05. The van der Waals surface area contributed by atoms with Crippen LogP contribution in [0.1, 0.15) is 29.5 Å². The maximum Gasteiger partial charge on any atom is 0.227 e. The highest BCUT2D eigenvalue weighted by Gasteiger charge is 2.27. The smallest absolute Gasteiger partial charge is 0.227 e. The van der Waals surface area contributed by atoms with Gasteiger partial charge in [-0.3, -0.25) is 9.69 Å². The van der Waals surface area contributed by atoms with Crippen LogP contribution in [0, 0.1) is 12.8 Å². The zero-order valence-electron chi connectivity index (χ0n) is 16.1.